The fourth-order valence-electron chi connectivity index (χ4n) is 5.08. The third kappa shape index (κ3) is 4.53. The van der Waals surface area contributed by atoms with Gasteiger partial charge in [0.05, 0.1) is 30.3 Å². The highest BCUT2D eigenvalue weighted by molar-refractivity contribution is 6.05. The molecule has 0 bridgehead atoms. The lowest BCUT2D eigenvalue weighted by molar-refractivity contribution is 0.0924. The molecule has 3 heterocycles. The molecular weight excluding hydrogens is 426 g/mol. The van der Waals surface area contributed by atoms with Gasteiger partial charge in [-0.15, -0.1) is 0 Å². The van der Waals surface area contributed by atoms with Gasteiger partial charge in [-0.05, 0) is 64.8 Å². The third-order valence-electron chi connectivity index (χ3n) is 7.10. The lowest BCUT2D eigenvalue weighted by atomic mass is 10.00. The van der Waals surface area contributed by atoms with Gasteiger partial charge in [0.1, 0.15) is 5.75 Å². The molecule has 2 aromatic heterocycles. The summed E-state index contributed by atoms with van der Waals surface area (Å²) in [5, 5.41) is 8.63. The van der Waals surface area contributed by atoms with E-state index in [1.165, 1.54) is 19.3 Å². The number of para-hydroxylation sites is 1. The van der Waals surface area contributed by atoms with Gasteiger partial charge in [0.15, 0.2) is 5.65 Å². The minimum absolute atomic E-state index is 0.0606. The van der Waals surface area contributed by atoms with Crippen LogP contribution in [0.25, 0.3) is 11.0 Å². The number of carbonyl (C=O) groups is 1. The lowest BCUT2D eigenvalue weighted by Gasteiger charge is -2.35. The van der Waals surface area contributed by atoms with Crippen molar-refractivity contribution in [3.05, 3.63) is 53.3 Å². The molecule has 1 unspecified atom stereocenters. The van der Waals surface area contributed by atoms with Crippen LogP contribution in [0.1, 0.15) is 85.6 Å². The van der Waals surface area contributed by atoms with Crippen LogP contribution >= 0.6 is 0 Å². The van der Waals surface area contributed by atoms with Crippen molar-refractivity contribution in [3.8, 4) is 5.75 Å². The minimum atomic E-state index is -0.0606. The van der Waals surface area contributed by atoms with Crippen molar-refractivity contribution in [1.29, 1.82) is 0 Å². The minimum Gasteiger partial charge on any atom is -0.496 e. The third-order valence-corrected chi connectivity index (χ3v) is 7.10. The van der Waals surface area contributed by atoms with Gasteiger partial charge < -0.3 is 10.1 Å². The first-order valence-electron chi connectivity index (χ1n) is 12.6. The maximum atomic E-state index is 13.6. The van der Waals surface area contributed by atoms with E-state index in [1.807, 2.05) is 28.9 Å². The Labute approximate surface area is 201 Å². The van der Waals surface area contributed by atoms with Crippen LogP contribution in [-0.4, -0.2) is 52.3 Å². The smallest absolute Gasteiger partial charge is 0.252 e. The van der Waals surface area contributed by atoms with Gasteiger partial charge in [-0.1, -0.05) is 24.6 Å². The Morgan fingerprint density at radius 3 is 2.65 bits per heavy atom. The van der Waals surface area contributed by atoms with E-state index >= 15 is 0 Å². The summed E-state index contributed by atoms with van der Waals surface area (Å²) >= 11 is 0. The average Bonchev–Trinajstić information content (AvgIpc) is 3.63. The topological polar surface area (TPSA) is 72.3 Å². The number of nitrogens with one attached hydrogen (secondary N) is 1. The van der Waals surface area contributed by atoms with E-state index in [0.717, 1.165) is 54.0 Å². The molecule has 1 saturated heterocycles. The van der Waals surface area contributed by atoms with E-state index in [2.05, 4.69) is 35.2 Å². The molecule has 1 N–H and O–H groups in total. The first-order chi connectivity index (χ1) is 16.6. The monoisotopic (exact) mass is 461 g/mol. The first kappa shape index (κ1) is 22.8. The van der Waals surface area contributed by atoms with E-state index in [1.54, 1.807) is 13.3 Å². The first-order valence-corrected chi connectivity index (χ1v) is 12.6. The Hall–Kier alpha value is -2.93. The molecule has 0 radical (unpaired) electrons. The molecule has 1 atom stereocenters. The number of piperidine rings is 1. The predicted molar refractivity (Wildman–Crippen MR) is 133 cm³/mol. The SMILES string of the molecule is COc1ccccc1C(CNC(=O)c1cc(C2CC2)nc2c1cnn2C(C)C)N1CCCCC1. The number of hydrogen-bond acceptors (Lipinski definition) is 5. The van der Waals surface area contributed by atoms with Crippen molar-refractivity contribution in [3.63, 3.8) is 0 Å². The molecule has 2 aliphatic rings. The number of methoxy groups -OCH3 is 1. The molecule has 1 amide bonds. The molecule has 2 fully saturated rings. The van der Waals surface area contributed by atoms with Crippen LogP contribution < -0.4 is 10.1 Å². The molecule has 1 aromatic carbocycles. The molecule has 7 nitrogen and oxygen atoms in total. The fraction of sp³-hybridized carbons (Fsp3) is 0.519. The summed E-state index contributed by atoms with van der Waals surface area (Å²) in [6.07, 6.45) is 7.70. The molecule has 3 aromatic rings. The zero-order chi connectivity index (χ0) is 23.7. The fourth-order valence-corrected chi connectivity index (χ4v) is 5.08. The Bertz CT molecular complexity index is 1160. The van der Waals surface area contributed by atoms with Gasteiger partial charge in [0, 0.05) is 29.8 Å². The van der Waals surface area contributed by atoms with Crippen molar-refractivity contribution in [1.82, 2.24) is 25.0 Å². The maximum absolute atomic E-state index is 13.6. The van der Waals surface area contributed by atoms with E-state index in [0.29, 0.717) is 18.0 Å². The highest BCUT2D eigenvalue weighted by Crippen LogP contribution is 2.40. The number of likely N-dealkylation sites (tertiary alicyclic amines) is 1. The zero-order valence-electron chi connectivity index (χ0n) is 20.5. The number of hydrogen-bond donors (Lipinski definition) is 1. The molecule has 180 valence electrons. The van der Waals surface area contributed by atoms with Gasteiger partial charge in [0.25, 0.3) is 5.91 Å². The second kappa shape index (κ2) is 9.74. The second-order valence-corrected chi connectivity index (χ2v) is 9.85. The summed E-state index contributed by atoms with van der Waals surface area (Å²) in [6, 6.07) is 10.4. The Morgan fingerprint density at radius 1 is 1.18 bits per heavy atom. The standard InChI is InChI=1S/C27H35N5O2/c1-18(2)32-26-22(16-29-32)21(15-23(30-26)19-11-12-19)27(33)28-17-24(31-13-7-4-8-14-31)20-9-5-6-10-25(20)34-3/h5-6,9-10,15-16,18-19,24H,4,7-8,11-14,17H2,1-3H3,(H,28,33). The zero-order valence-corrected chi connectivity index (χ0v) is 20.5. The van der Waals surface area contributed by atoms with Crippen LogP contribution in [0.3, 0.4) is 0 Å². The van der Waals surface area contributed by atoms with Crippen LogP contribution in [-0.2, 0) is 0 Å². The van der Waals surface area contributed by atoms with E-state index in [9.17, 15) is 4.79 Å². The van der Waals surface area contributed by atoms with Gasteiger partial charge >= 0.3 is 0 Å². The largest absolute Gasteiger partial charge is 0.496 e. The second-order valence-electron chi connectivity index (χ2n) is 9.85. The summed E-state index contributed by atoms with van der Waals surface area (Å²) in [5.74, 6) is 1.27. The van der Waals surface area contributed by atoms with Gasteiger partial charge in [-0.3, -0.25) is 9.69 Å². The van der Waals surface area contributed by atoms with Crippen molar-refractivity contribution < 1.29 is 9.53 Å². The van der Waals surface area contributed by atoms with Crippen LogP contribution in [0, 0.1) is 0 Å². The van der Waals surface area contributed by atoms with Crippen molar-refractivity contribution in [2.24, 2.45) is 0 Å². The number of aromatic nitrogens is 3. The molecular formula is C27H35N5O2. The highest BCUT2D eigenvalue weighted by Gasteiger charge is 2.29. The highest BCUT2D eigenvalue weighted by atomic mass is 16.5. The quantitative estimate of drug-likeness (QED) is 0.519. The number of fused-ring (bicyclic) bond motifs is 1. The summed E-state index contributed by atoms with van der Waals surface area (Å²) < 4.78 is 7.60. The maximum Gasteiger partial charge on any atom is 0.252 e. The average molecular weight is 462 g/mol. The Kier molecular flexibility index (Phi) is 6.55. The van der Waals surface area contributed by atoms with Crippen molar-refractivity contribution in [2.45, 2.75) is 64.0 Å². The van der Waals surface area contributed by atoms with Gasteiger partial charge in [-0.25, -0.2) is 9.67 Å². The lowest BCUT2D eigenvalue weighted by Crippen LogP contribution is -2.40. The number of pyridine rings is 1. The number of benzene rings is 1. The summed E-state index contributed by atoms with van der Waals surface area (Å²) in [5.41, 5.74) is 3.62. The van der Waals surface area contributed by atoms with E-state index in [-0.39, 0.29) is 18.0 Å². The van der Waals surface area contributed by atoms with Crippen molar-refractivity contribution >= 4 is 16.9 Å². The normalized spacial score (nSPS) is 17.8. The van der Waals surface area contributed by atoms with Crippen LogP contribution in [0.15, 0.2) is 36.5 Å². The summed E-state index contributed by atoms with van der Waals surface area (Å²) in [6.45, 7) is 6.78. The number of ether oxygens (including phenoxy) is 1. The molecule has 7 heteroatoms. The number of carbonyl (C=O) groups excluding carboxylic acids is 1. The molecule has 1 saturated carbocycles. The van der Waals surface area contributed by atoms with Gasteiger partial charge in [0.2, 0.25) is 0 Å². The van der Waals surface area contributed by atoms with Gasteiger partial charge in [-0.2, -0.15) is 5.10 Å². The van der Waals surface area contributed by atoms with Crippen LogP contribution in [0.4, 0.5) is 0 Å². The molecule has 1 aliphatic heterocycles. The van der Waals surface area contributed by atoms with E-state index < -0.39 is 0 Å². The predicted octanol–water partition coefficient (Wildman–Crippen LogP) is 4.86. The van der Waals surface area contributed by atoms with Crippen LogP contribution in [0.2, 0.25) is 0 Å². The molecule has 0 spiro atoms. The molecule has 5 rings (SSSR count). The number of nitrogens with zero attached hydrogens (tertiary/aromatic N) is 4. The number of rotatable bonds is 8. The number of amides is 1. The molecule has 1 aliphatic carbocycles. The summed E-state index contributed by atoms with van der Waals surface area (Å²) in [4.78, 5) is 21.0. The molecule has 34 heavy (non-hydrogen) atoms. The Morgan fingerprint density at radius 2 is 1.94 bits per heavy atom. The Balaban J connectivity index is 1.44. The van der Waals surface area contributed by atoms with Crippen LogP contribution in [0.5, 0.6) is 5.75 Å². The van der Waals surface area contributed by atoms with E-state index in [4.69, 9.17) is 9.72 Å². The summed E-state index contributed by atoms with van der Waals surface area (Å²) in [7, 11) is 1.71. The van der Waals surface area contributed by atoms with Crippen molar-refractivity contribution in [2.75, 3.05) is 26.7 Å².